The molecule has 7 heteroatoms. The maximum Gasteiger partial charge on any atom is 0.226 e. The summed E-state index contributed by atoms with van der Waals surface area (Å²) in [5, 5.41) is 0. The van der Waals surface area contributed by atoms with Gasteiger partial charge in [0.1, 0.15) is 5.82 Å². The van der Waals surface area contributed by atoms with Gasteiger partial charge in [0, 0.05) is 49.0 Å². The first-order valence-electron chi connectivity index (χ1n) is 10.4. The molecule has 3 rings (SSSR count). The van der Waals surface area contributed by atoms with E-state index in [4.69, 9.17) is 4.74 Å². The molecule has 0 N–H and O–H groups in total. The van der Waals surface area contributed by atoms with Crippen LogP contribution in [-0.4, -0.2) is 35.8 Å². The summed E-state index contributed by atoms with van der Waals surface area (Å²) in [5.41, 5.74) is 3.15. The Kier molecular flexibility index (Phi) is 7.30. The highest BCUT2D eigenvalue weighted by Gasteiger charge is 2.18. The molecule has 0 spiro atoms. The highest BCUT2D eigenvalue weighted by Crippen LogP contribution is 2.30. The molecule has 166 valence electrons. The number of carbonyl (C=O) groups excluding carboxylic acids is 2. The number of aromatic nitrogens is 2. The molecule has 3 aromatic rings. The number of hydrogen-bond acceptors (Lipinski definition) is 5. The van der Waals surface area contributed by atoms with Crippen molar-refractivity contribution in [3.05, 3.63) is 71.3 Å². The second-order valence-electron chi connectivity index (χ2n) is 7.40. The third-order valence-corrected chi connectivity index (χ3v) is 5.43. The average molecular weight is 435 g/mol. The van der Waals surface area contributed by atoms with Gasteiger partial charge in [-0.05, 0) is 43.2 Å². The van der Waals surface area contributed by atoms with Crippen LogP contribution in [0.25, 0.3) is 11.3 Å². The van der Waals surface area contributed by atoms with Crippen molar-refractivity contribution in [3.63, 3.8) is 0 Å². The zero-order chi connectivity index (χ0) is 23.3. The van der Waals surface area contributed by atoms with Crippen LogP contribution in [0.4, 0.5) is 10.1 Å². The summed E-state index contributed by atoms with van der Waals surface area (Å²) in [6.45, 7) is 3.39. The lowest BCUT2D eigenvalue weighted by molar-refractivity contribution is -0.118. The van der Waals surface area contributed by atoms with Crippen molar-refractivity contribution in [1.29, 1.82) is 0 Å². The number of carbonyl (C=O) groups is 2. The molecule has 6 nitrogen and oxygen atoms in total. The number of anilines is 1. The van der Waals surface area contributed by atoms with E-state index >= 15 is 0 Å². The van der Waals surface area contributed by atoms with E-state index in [1.54, 1.807) is 64.5 Å². The third kappa shape index (κ3) is 4.82. The minimum absolute atomic E-state index is 0.0482. The number of methoxy groups -OCH3 is 1. The second-order valence-corrected chi connectivity index (χ2v) is 7.40. The second kappa shape index (κ2) is 10.1. The molecule has 0 aliphatic heterocycles. The number of halogens is 1. The molecule has 0 aliphatic carbocycles. The van der Waals surface area contributed by atoms with Gasteiger partial charge < -0.3 is 9.64 Å². The van der Waals surface area contributed by atoms with Crippen molar-refractivity contribution in [3.8, 4) is 17.1 Å². The average Bonchev–Trinajstić information content (AvgIpc) is 2.83. The summed E-state index contributed by atoms with van der Waals surface area (Å²) in [7, 11) is 3.11. The van der Waals surface area contributed by atoms with Crippen molar-refractivity contribution < 1.29 is 18.7 Å². The van der Waals surface area contributed by atoms with Gasteiger partial charge in [-0.3, -0.25) is 14.6 Å². The highest BCUT2D eigenvalue weighted by molar-refractivity contribution is 5.96. The van der Waals surface area contributed by atoms with E-state index in [2.05, 4.69) is 9.97 Å². The van der Waals surface area contributed by atoms with E-state index < -0.39 is 5.82 Å². The van der Waals surface area contributed by atoms with Gasteiger partial charge in [-0.25, -0.2) is 9.37 Å². The summed E-state index contributed by atoms with van der Waals surface area (Å²) in [6.07, 6.45) is 4.25. The Hall–Kier alpha value is -3.61. The highest BCUT2D eigenvalue weighted by atomic mass is 19.1. The van der Waals surface area contributed by atoms with Gasteiger partial charge >= 0.3 is 0 Å². The van der Waals surface area contributed by atoms with Gasteiger partial charge in [-0.15, -0.1) is 0 Å². The van der Waals surface area contributed by atoms with Crippen LogP contribution >= 0.6 is 0 Å². The van der Waals surface area contributed by atoms with Crippen molar-refractivity contribution in [1.82, 2.24) is 9.97 Å². The van der Waals surface area contributed by atoms with E-state index in [9.17, 15) is 14.0 Å². The Morgan fingerprint density at radius 1 is 1.12 bits per heavy atom. The van der Waals surface area contributed by atoms with E-state index in [-0.39, 0.29) is 17.4 Å². The molecule has 2 aromatic heterocycles. The van der Waals surface area contributed by atoms with E-state index in [1.807, 2.05) is 6.07 Å². The zero-order valence-corrected chi connectivity index (χ0v) is 18.7. The number of amides is 1. The number of Topliss-reactive ketones (excluding diaryl/α,β-unsaturated/α-hetero) is 1. The van der Waals surface area contributed by atoms with Crippen LogP contribution in [0.1, 0.15) is 41.3 Å². The maximum atomic E-state index is 14.9. The van der Waals surface area contributed by atoms with Crippen molar-refractivity contribution in [2.75, 3.05) is 19.1 Å². The molecule has 0 unspecified atom stereocenters. The van der Waals surface area contributed by atoms with Crippen LogP contribution in [0.5, 0.6) is 5.88 Å². The summed E-state index contributed by atoms with van der Waals surface area (Å²) in [5.74, 6) is -0.158. The Bertz CT molecular complexity index is 1130. The van der Waals surface area contributed by atoms with Crippen molar-refractivity contribution in [2.45, 2.75) is 33.1 Å². The number of hydrogen-bond donors (Lipinski definition) is 0. The number of aryl methyl sites for hydroxylation is 1. The summed E-state index contributed by atoms with van der Waals surface area (Å²) < 4.78 is 20.2. The Morgan fingerprint density at radius 2 is 1.91 bits per heavy atom. The molecule has 0 atom stereocenters. The molecule has 0 saturated heterocycles. The molecular formula is C25H26FN3O3. The first kappa shape index (κ1) is 23.1. The Morgan fingerprint density at radius 3 is 2.56 bits per heavy atom. The van der Waals surface area contributed by atoms with E-state index in [0.717, 1.165) is 5.56 Å². The van der Waals surface area contributed by atoms with Crippen LogP contribution in [0.15, 0.2) is 48.8 Å². The van der Waals surface area contributed by atoms with Crippen LogP contribution in [-0.2, 0) is 11.2 Å². The maximum absolute atomic E-state index is 14.9. The van der Waals surface area contributed by atoms with Gasteiger partial charge in [0.05, 0.1) is 18.5 Å². The minimum Gasteiger partial charge on any atom is -0.481 e. The molecule has 32 heavy (non-hydrogen) atoms. The SMILES string of the molecule is CCC(=O)N(C)c1ccc(-c2ccc(C(=O)CCc3cccnc3OC)cn2)c(C)c1F. The van der Waals surface area contributed by atoms with Crippen molar-refractivity contribution in [2.24, 2.45) is 0 Å². The number of ketones is 1. The Labute approximate surface area is 187 Å². The lowest BCUT2D eigenvalue weighted by Crippen LogP contribution is -2.26. The fourth-order valence-corrected chi connectivity index (χ4v) is 3.49. The number of pyridine rings is 2. The third-order valence-electron chi connectivity index (χ3n) is 5.43. The van der Waals surface area contributed by atoms with Gasteiger partial charge in [-0.1, -0.05) is 19.1 Å². The van der Waals surface area contributed by atoms with E-state index in [0.29, 0.717) is 47.5 Å². The number of nitrogens with zero attached hydrogens (tertiary/aromatic N) is 3. The first-order chi connectivity index (χ1) is 15.4. The topological polar surface area (TPSA) is 72.4 Å². The van der Waals surface area contributed by atoms with Crippen molar-refractivity contribution >= 4 is 17.4 Å². The monoisotopic (exact) mass is 435 g/mol. The normalized spacial score (nSPS) is 10.7. The first-order valence-corrected chi connectivity index (χ1v) is 10.4. The smallest absolute Gasteiger partial charge is 0.226 e. The van der Waals surface area contributed by atoms with Crippen LogP contribution < -0.4 is 9.64 Å². The molecule has 1 amide bonds. The van der Waals surface area contributed by atoms with Gasteiger partial charge in [0.15, 0.2) is 5.78 Å². The predicted molar refractivity (Wildman–Crippen MR) is 122 cm³/mol. The molecule has 1 aromatic carbocycles. The molecular weight excluding hydrogens is 409 g/mol. The van der Waals surface area contributed by atoms with Gasteiger partial charge in [-0.2, -0.15) is 0 Å². The lowest BCUT2D eigenvalue weighted by Gasteiger charge is -2.19. The lowest BCUT2D eigenvalue weighted by atomic mass is 10.0. The zero-order valence-electron chi connectivity index (χ0n) is 18.7. The summed E-state index contributed by atoms with van der Waals surface area (Å²) in [4.78, 5) is 34.4. The molecule has 0 bridgehead atoms. The molecule has 0 saturated carbocycles. The predicted octanol–water partition coefficient (Wildman–Crippen LogP) is 4.79. The Balaban J connectivity index is 1.76. The quantitative estimate of drug-likeness (QED) is 0.476. The standard InChI is InChI=1S/C25H26FN3O3/c1-5-23(31)29(3)21-12-10-19(16(2)24(21)26)20-11-8-18(15-28-20)22(30)13-9-17-7-6-14-27-25(17)32-4/h6-8,10-12,14-15H,5,9,13H2,1-4H3. The number of rotatable bonds is 8. The minimum atomic E-state index is -0.459. The van der Waals surface area contributed by atoms with Crippen LogP contribution in [0.3, 0.4) is 0 Å². The van der Waals surface area contributed by atoms with Gasteiger partial charge in [0.25, 0.3) is 0 Å². The largest absolute Gasteiger partial charge is 0.481 e. The number of benzene rings is 1. The fourth-order valence-electron chi connectivity index (χ4n) is 3.49. The van der Waals surface area contributed by atoms with Gasteiger partial charge in [0.2, 0.25) is 11.8 Å². The molecule has 0 radical (unpaired) electrons. The van der Waals surface area contributed by atoms with E-state index in [1.165, 1.54) is 11.1 Å². The summed E-state index contributed by atoms with van der Waals surface area (Å²) in [6, 6.07) is 10.4. The van der Waals surface area contributed by atoms with Crippen LogP contribution in [0, 0.1) is 12.7 Å². The summed E-state index contributed by atoms with van der Waals surface area (Å²) >= 11 is 0. The molecule has 0 fully saturated rings. The number of ether oxygens (including phenoxy) is 1. The molecule has 0 aliphatic rings. The molecule has 2 heterocycles. The van der Waals surface area contributed by atoms with Crippen LogP contribution in [0.2, 0.25) is 0 Å². The fraction of sp³-hybridized carbons (Fsp3) is 0.280.